The van der Waals surface area contributed by atoms with Crippen molar-refractivity contribution in [3.05, 3.63) is 59.2 Å². The number of rotatable bonds is 1. The minimum absolute atomic E-state index is 0.161. The topological polar surface area (TPSA) is 37.3 Å². The van der Waals surface area contributed by atoms with Crippen LogP contribution in [0.5, 0.6) is 0 Å². The van der Waals surface area contributed by atoms with Crippen LogP contribution in [0.1, 0.15) is 34.3 Å². The minimum atomic E-state index is -0.846. The van der Waals surface area contributed by atoms with Crippen LogP contribution < -0.4 is 0 Å². The Hall–Kier alpha value is -2.09. The number of hydrogen-bond donors (Lipinski definition) is 1. The average Bonchev–Trinajstić information content (AvgIpc) is 2.64. The van der Waals surface area contributed by atoms with Crippen molar-refractivity contribution in [2.75, 3.05) is 0 Å². The van der Waals surface area contributed by atoms with Crippen molar-refractivity contribution in [2.45, 2.75) is 12.8 Å². The molecule has 2 aromatic rings. The first-order chi connectivity index (χ1) is 8.20. The Labute approximate surface area is 99.5 Å². The van der Waals surface area contributed by atoms with Crippen LogP contribution in [-0.4, -0.2) is 11.1 Å². The van der Waals surface area contributed by atoms with Crippen molar-refractivity contribution in [1.82, 2.24) is 0 Å². The molecule has 1 N–H and O–H groups in total. The van der Waals surface area contributed by atoms with E-state index >= 15 is 0 Å². The smallest absolute Gasteiger partial charge is 0.336 e. The van der Waals surface area contributed by atoms with Crippen LogP contribution in [0.2, 0.25) is 0 Å². The van der Waals surface area contributed by atoms with Gasteiger partial charge in [-0.3, -0.25) is 0 Å². The van der Waals surface area contributed by atoms with Crippen molar-refractivity contribution >= 4 is 5.97 Å². The van der Waals surface area contributed by atoms with Crippen LogP contribution in [0.25, 0.3) is 11.1 Å². The molecule has 0 spiro atoms. The highest BCUT2D eigenvalue weighted by molar-refractivity contribution is 5.95. The number of carboxylic acids is 1. The van der Waals surface area contributed by atoms with E-state index < -0.39 is 5.97 Å². The van der Waals surface area contributed by atoms with E-state index in [1.165, 1.54) is 5.56 Å². The summed E-state index contributed by atoms with van der Waals surface area (Å²) in [6.45, 7) is 2.07. The lowest BCUT2D eigenvalue weighted by Gasteiger charge is -2.09. The number of carboxylic acid groups (broad SMARTS) is 1. The fourth-order valence-corrected chi connectivity index (χ4v) is 2.73. The molecular formula is C15H12O2. The van der Waals surface area contributed by atoms with Crippen molar-refractivity contribution in [3.63, 3.8) is 0 Å². The van der Waals surface area contributed by atoms with E-state index in [1.807, 2.05) is 24.3 Å². The van der Waals surface area contributed by atoms with Crippen LogP contribution >= 0.6 is 0 Å². The minimum Gasteiger partial charge on any atom is -0.478 e. The molecule has 1 atom stereocenters. The third kappa shape index (κ3) is 1.30. The van der Waals surface area contributed by atoms with Crippen molar-refractivity contribution in [2.24, 2.45) is 0 Å². The quantitative estimate of drug-likeness (QED) is 0.804. The van der Waals surface area contributed by atoms with Crippen LogP contribution in [-0.2, 0) is 0 Å². The second kappa shape index (κ2) is 3.45. The molecule has 2 heteroatoms. The molecular weight excluding hydrogens is 212 g/mol. The summed E-state index contributed by atoms with van der Waals surface area (Å²) in [4.78, 5) is 11.3. The largest absolute Gasteiger partial charge is 0.478 e. The second-order valence-electron chi connectivity index (χ2n) is 4.38. The number of hydrogen-bond acceptors (Lipinski definition) is 1. The van der Waals surface area contributed by atoms with Gasteiger partial charge >= 0.3 is 5.97 Å². The van der Waals surface area contributed by atoms with E-state index in [0.29, 0.717) is 5.56 Å². The number of benzene rings is 2. The van der Waals surface area contributed by atoms with Crippen molar-refractivity contribution < 1.29 is 9.90 Å². The molecule has 2 aromatic carbocycles. The van der Waals surface area contributed by atoms with Crippen LogP contribution in [0.3, 0.4) is 0 Å². The third-order valence-corrected chi connectivity index (χ3v) is 3.49. The van der Waals surface area contributed by atoms with E-state index in [1.54, 1.807) is 6.07 Å². The lowest BCUT2D eigenvalue weighted by Crippen LogP contribution is -2.03. The molecule has 1 aliphatic rings. The molecule has 0 amide bonds. The zero-order chi connectivity index (χ0) is 12.0. The molecule has 0 aliphatic heterocycles. The highest BCUT2D eigenvalue weighted by Gasteiger charge is 2.28. The third-order valence-electron chi connectivity index (χ3n) is 3.49. The lowest BCUT2D eigenvalue weighted by atomic mass is 9.95. The molecule has 84 valence electrons. The van der Waals surface area contributed by atoms with Gasteiger partial charge < -0.3 is 5.11 Å². The molecule has 0 saturated carbocycles. The predicted molar refractivity (Wildman–Crippen MR) is 66.4 cm³/mol. The Balaban J connectivity index is 2.34. The molecule has 17 heavy (non-hydrogen) atoms. The molecule has 3 rings (SSSR count). The van der Waals surface area contributed by atoms with Gasteiger partial charge in [-0.05, 0) is 28.3 Å². The van der Waals surface area contributed by atoms with Crippen molar-refractivity contribution in [1.29, 1.82) is 0 Å². The van der Waals surface area contributed by atoms with Crippen molar-refractivity contribution in [3.8, 4) is 11.1 Å². The first-order valence-electron chi connectivity index (χ1n) is 5.65. The van der Waals surface area contributed by atoms with Gasteiger partial charge in [-0.15, -0.1) is 0 Å². The van der Waals surface area contributed by atoms with Gasteiger partial charge in [0, 0.05) is 5.92 Å². The highest BCUT2D eigenvalue weighted by Crippen LogP contribution is 2.45. The molecule has 0 fully saturated rings. The summed E-state index contributed by atoms with van der Waals surface area (Å²) < 4.78 is 0. The first-order valence-corrected chi connectivity index (χ1v) is 5.65. The summed E-state index contributed by atoms with van der Waals surface area (Å²) in [5.74, 6) is -0.685. The SMILES string of the molecule is CC1c2ccccc2-c2cccc(C(=O)O)c21. The van der Waals surface area contributed by atoms with E-state index in [0.717, 1.165) is 16.7 Å². The maximum Gasteiger partial charge on any atom is 0.336 e. The summed E-state index contributed by atoms with van der Waals surface area (Å²) >= 11 is 0. The predicted octanol–water partition coefficient (Wildman–Crippen LogP) is 3.52. The van der Waals surface area contributed by atoms with Crippen LogP contribution in [0, 0.1) is 0 Å². The molecule has 0 radical (unpaired) electrons. The summed E-state index contributed by atoms with van der Waals surface area (Å²) in [6, 6.07) is 13.6. The first kappa shape index (κ1) is 10.1. The molecule has 0 saturated heterocycles. The number of fused-ring (bicyclic) bond motifs is 3. The summed E-state index contributed by atoms with van der Waals surface area (Å²) in [5.41, 5.74) is 4.81. The summed E-state index contributed by atoms with van der Waals surface area (Å²) in [6.07, 6.45) is 0. The zero-order valence-electron chi connectivity index (χ0n) is 9.47. The zero-order valence-corrected chi connectivity index (χ0v) is 9.47. The summed E-state index contributed by atoms with van der Waals surface area (Å²) in [7, 11) is 0. The molecule has 2 nitrogen and oxygen atoms in total. The molecule has 1 unspecified atom stereocenters. The number of aromatic carboxylic acids is 1. The van der Waals surface area contributed by atoms with E-state index in [-0.39, 0.29) is 5.92 Å². The van der Waals surface area contributed by atoms with E-state index in [9.17, 15) is 9.90 Å². The maximum absolute atomic E-state index is 11.3. The Bertz CT molecular complexity index is 614. The fourth-order valence-electron chi connectivity index (χ4n) is 2.73. The molecule has 0 bridgehead atoms. The van der Waals surface area contributed by atoms with Gasteiger partial charge in [-0.25, -0.2) is 4.79 Å². The lowest BCUT2D eigenvalue weighted by molar-refractivity contribution is 0.0695. The van der Waals surface area contributed by atoms with E-state index in [2.05, 4.69) is 19.1 Å². The molecule has 0 heterocycles. The standard InChI is InChI=1S/C15H12O2/c1-9-10-5-2-3-6-11(10)12-7-4-8-13(14(9)12)15(16)17/h2-9H,1H3,(H,16,17). The normalized spacial score (nSPS) is 16.4. The fraction of sp³-hybridized carbons (Fsp3) is 0.133. The Morgan fingerprint density at radius 1 is 1.06 bits per heavy atom. The maximum atomic E-state index is 11.3. The second-order valence-corrected chi connectivity index (χ2v) is 4.38. The van der Waals surface area contributed by atoms with Crippen LogP contribution in [0.4, 0.5) is 0 Å². The monoisotopic (exact) mass is 224 g/mol. The van der Waals surface area contributed by atoms with E-state index in [4.69, 9.17) is 0 Å². The van der Waals surface area contributed by atoms with Gasteiger partial charge in [0.15, 0.2) is 0 Å². The highest BCUT2D eigenvalue weighted by atomic mass is 16.4. The van der Waals surface area contributed by atoms with Gasteiger partial charge in [0.05, 0.1) is 5.56 Å². The van der Waals surface area contributed by atoms with Gasteiger partial charge in [0.1, 0.15) is 0 Å². The van der Waals surface area contributed by atoms with Crippen LogP contribution in [0.15, 0.2) is 42.5 Å². The van der Waals surface area contributed by atoms with Gasteiger partial charge in [0.2, 0.25) is 0 Å². The Morgan fingerprint density at radius 3 is 2.53 bits per heavy atom. The Morgan fingerprint density at radius 2 is 1.76 bits per heavy atom. The van der Waals surface area contributed by atoms with Gasteiger partial charge in [-0.1, -0.05) is 43.3 Å². The number of carbonyl (C=O) groups is 1. The van der Waals surface area contributed by atoms with Gasteiger partial charge in [0.25, 0.3) is 0 Å². The van der Waals surface area contributed by atoms with Gasteiger partial charge in [-0.2, -0.15) is 0 Å². The molecule has 0 aromatic heterocycles. The summed E-state index contributed by atoms with van der Waals surface area (Å²) in [5, 5.41) is 9.25. The molecule has 1 aliphatic carbocycles. The average molecular weight is 224 g/mol. The Kier molecular flexibility index (Phi) is 2.05.